The van der Waals surface area contributed by atoms with Gasteiger partial charge in [-0.1, -0.05) is 45.4 Å². The van der Waals surface area contributed by atoms with Gasteiger partial charge in [-0.05, 0) is 72.8 Å². The van der Waals surface area contributed by atoms with E-state index in [1.807, 2.05) is 18.2 Å². The Bertz CT molecular complexity index is 896. The van der Waals surface area contributed by atoms with Crippen molar-refractivity contribution in [2.75, 3.05) is 6.61 Å². The maximum Gasteiger partial charge on any atom is 0.338 e. The molecule has 5 rings (SSSR count). The van der Waals surface area contributed by atoms with E-state index in [0.29, 0.717) is 17.8 Å². The second-order valence-corrected chi connectivity index (χ2v) is 11.8. The lowest BCUT2D eigenvalue weighted by atomic mass is 9.37. The zero-order chi connectivity index (χ0) is 22.1. The topological polar surface area (TPSA) is 63.6 Å². The summed E-state index contributed by atoms with van der Waals surface area (Å²) < 4.78 is 6.26. The number of hydrogen-bond donors (Lipinski definition) is 1. The fraction of sp³-hybridized carbons (Fsp3) is 0.704. The number of hydrogen-bond acceptors (Lipinski definition) is 4. The van der Waals surface area contributed by atoms with E-state index in [4.69, 9.17) is 4.74 Å². The third kappa shape index (κ3) is 2.83. The molecule has 4 aliphatic carbocycles. The highest BCUT2D eigenvalue weighted by Gasteiger charge is 2.72. The lowest BCUT2D eigenvalue weighted by Crippen LogP contribution is -2.65. The molecule has 4 saturated carbocycles. The highest BCUT2D eigenvalue weighted by atomic mass is 16.5. The number of Topliss-reactive ketones (excluding diaryl/α,β-unsaturated/α-hetero) is 1. The highest BCUT2D eigenvalue weighted by Crippen LogP contribution is 2.75. The SMILES string of the molecule is C[C@@]12CC[C@]3(C1)C(CC2=O)CC(OC(=O)c1ccccc1)C1[C@](C)(CO)CCC[C@@]13C. The van der Waals surface area contributed by atoms with Gasteiger partial charge in [-0.15, -0.1) is 0 Å². The van der Waals surface area contributed by atoms with E-state index >= 15 is 0 Å². The minimum absolute atomic E-state index is 0.0360. The number of fused-ring (bicyclic) bond motifs is 2. The number of ketones is 1. The van der Waals surface area contributed by atoms with Crippen molar-refractivity contribution in [3.63, 3.8) is 0 Å². The van der Waals surface area contributed by atoms with Gasteiger partial charge in [-0.3, -0.25) is 4.79 Å². The van der Waals surface area contributed by atoms with E-state index in [1.165, 1.54) is 0 Å². The number of esters is 1. The molecule has 1 aromatic carbocycles. The fourth-order valence-electron chi connectivity index (χ4n) is 8.73. The molecule has 31 heavy (non-hydrogen) atoms. The van der Waals surface area contributed by atoms with Crippen LogP contribution in [0.1, 0.15) is 82.5 Å². The summed E-state index contributed by atoms with van der Waals surface area (Å²) in [6, 6.07) is 9.20. The molecule has 0 saturated heterocycles. The lowest BCUT2D eigenvalue weighted by Gasteiger charge is -2.67. The van der Waals surface area contributed by atoms with Crippen LogP contribution in [0.25, 0.3) is 0 Å². The first-order valence-corrected chi connectivity index (χ1v) is 12.1. The maximum absolute atomic E-state index is 13.1. The largest absolute Gasteiger partial charge is 0.458 e. The van der Waals surface area contributed by atoms with Gasteiger partial charge in [-0.2, -0.15) is 0 Å². The summed E-state index contributed by atoms with van der Waals surface area (Å²) >= 11 is 0. The van der Waals surface area contributed by atoms with Crippen molar-refractivity contribution < 1.29 is 19.4 Å². The lowest BCUT2D eigenvalue weighted by molar-refractivity contribution is -0.224. The molecule has 0 radical (unpaired) electrons. The quantitative estimate of drug-likeness (QED) is 0.679. The molecular weight excluding hydrogens is 388 g/mol. The summed E-state index contributed by atoms with van der Waals surface area (Å²) in [7, 11) is 0. The molecule has 3 unspecified atom stereocenters. The first-order valence-electron chi connectivity index (χ1n) is 12.1. The molecule has 0 aliphatic heterocycles. The van der Waals surface area contributed by atoms with Crippen LogP contribution in [-0.4, -0.2) is 29.6 Å². The van der Waals surface area contributed by atoms with E-state index < -0.39 is 0 Å². The monoisotopic (exact) mass is 424 g/mol. The van der Waals surface area contributed by atoms with Crippen LogP contribution < -0.4 is 0 Å². The Morgan fingerprint density at radius 1 is 1.10 bits per heavy atom. The molecular formula is C27H36O4. The zero-order valence-corrected chi connectivity index (χ0v) is 19.2. The Morgan fingerprint density at radius 2 is 1.84 bits per heavy atom. The molecule has 4 aliphatic rings. The number of ether oxygens (including phenoxy) is 1. The van der Waals surface area contributed by atoms with Crippen molar-refractivity contribution in [2.45, 2.75) is 78.2 Å². The molecule has 1 N–H and O–H groups in total. The number of carbonyl (C=O) groups excluding carboxylic acids is 2. The molecule has 1 aromatic rings. The first kappa shape index (κ1) is 21.2. The van der Waals surface area contributed by atoms with Crippen molar-refractivity contribution in [3.8, 4) is 0 Å². The Balaban J connectivity index is 1.57. The number of carbonyl (C=O) groups is 2. The van der Waals surface area contributed by atoms with Crippen molar-refractivity contribution in [3.05, 3.63) is 35.9 Å². The van der Waals surface area contributed by atoms with Crippen LogP contribution in [0.3, 0.4) is 0 Å². The van der Waals surface area contributed by atoms with Crippen LogP contribution in [0.15, 0.2) is 30.3 Å². The number of aliphatic hydroxyl groups is 1. The van der Waals surface area contributed by atoms with Crippen LogP contribution in [0, 0.1) is 33.5 Å². The minimum Gasteiger partial charge on any atom is -0.458 e. The predicted molar refractivity (Wildman–Crippen MR) is 118 cm³/mol. The second-order valence-electron chi connectivity index (χ2n) is 11.8. The van der Waals surface area contributed by atoms with Gasteiger partial charge in [0.2, 0.25) is 0 Å². The van der Waals surface area contributed by atoms with E-state index in [1.54, 1.807) is 12.1 Å². The van der Waals surface area contributed by atoms with Gasteiger partial charge >= 0.3 is 5.97 Å². The smallest absolute Gasteiger partial charge is 0.338 e. The van der Waals surface area contributed by atoms with Crippen molar-refractivity contribution in [1.82, 2.24) is 0 Å². The summed E-state index contributed by atoms with van der Waals surface area (Å²) in [4.78, 5) is 26.1. The van der Waals surface area contributed by atoms with Gasteiger partial charge in [-0.25, -0.2) is 4.79 Å². The van der Waals surface area contributed by atoms with E-state index in [2.05, 4.69) is 20.8 Å². The van der Waals surface area contributed by atoms with Crippen LogP contribution in [0.4, 0.5) is 0 Å². The summed E-state index contributed by atoms with van der Waals surface area (Å²) in [5.41, 5.74) is 0.192. The maximum atomic E-state index is 13.1. The number of rotatable bonds is 3. The Kier molecular flexibility index (Phi) is 4.72. The average molecular weight is 425 g/mol. The van der Waals surface area contributed by atoms with Gasteiger partial charge in [0, 0.05) is 24.4 Å². The van der Waals surface area contributed by atoms with Crippen molar-refractivity contribution >= 4 is 11.8 Å². The molecule has 4 heteroatoms. The number of benzene rings is 1. The molecule has 7 atom stereocenters. The zero-order valence-electron chi connectivity index (χ0n) is 19.2. The van der Waals surface area contributed by atoms with Gasteiger partial charge in [0.1, 0.15) is 11.9 Å². The fourth-order valence-corrected chi connectivity index (χ4v) is 8.73. The molecule has 168 valence electrons. The van der Waals surface area contributed by atoms with E-state index in [0.717, 1.165) is 44.9 Å². The highest BCUT2D eigenvalue weighted by molar-refractivity contribution is 5.89. The van der Waals surface area contributed by atoms with E-state index in [9.17, 15) is 14.7 Å². The Morgan fingerprint density at radius 3 is 2.55 bits per heavy atom. The Hall–Kier alpha value is -1.68. The molecule has 0 heterocycles. The van der Waals surface area contributed by atoms with E-state index in [-0.39, 0.29) is 52.2 Å². The summed E-state index contributed by atoms with van der Waals surface area (Å²) in [6.07, 6.45) is 7.28. The second kappa shape index (κ2) is 6.91. The molecule has 0 aromatic heterocycles. The molecule has 4 nitrogen and oxygen atoms in total. The summed E-state index contributed by atoms with van der Waals surface area (Å²) in [5, 5.41) is 10.5. The standard InChI is InChI=1S/C27H36O4/c1-24-12-13-27(16-24)19(15-21(24)29)14-20(31-23(30)18-8-5-4-6-9-18)22-25(2,17-28)10-7-11-26(22,27)3/h4-6,8-9,19-20,22,28H,7,10-17H2,1-3H3/t19?,20?,22?,24-,25+,26+,27+/m1/s1. The number of aliphatic hydroxyl groups excluding tert-OH is 1. The van der Waals surface area contributed by atoms with Crippen LogP contribution in [0.5, 0.6) is 0 Å². The molecule has 1 spiro atoms. The van der Waals surface area contributed by atoms with Gasteiger partial charge in [0.25, 0.3) is 0 Å². The third-order valence-corrected chi connectivity index (χ3v) is 10.3. The van der Waals surface area contributed by atoms with Crippen LogP contribution in [-0.2, 0) is 9.53 Å². The van der Waals surface area contributed by atoms with Crippen LogP contribution in [0.2, 0.25) is 0 Å². The molecule has 2 bridgehead atoms. The first-order chi connectivity index (χ1) is 14.7. The third-order valence-electron chi connectivity index (χ3n) is 10.3. The molecule has 0 amide bonds. The van der Waals surface area contributed by atoms with Gasteiger partial charge in [0.05, 0.1) is 5.56 Å². The predicted octanol–water partition coefficient (Wildman–Crippen LogP) is 5.19. The Labute approximate surface area is 185 Å². The van der Waals surface area contributed by atoms with Crippen molar-refractivity contribution in [2.24, 2.45) is 33.5 Å². The summed E-state index contributed by atoms with van der Waals surface area (Å²) in [5.74, 6) is 0.499. The van der Waals surface area contributed by atoms with Crippen molar-refractivity contribution in [1.29, 1.82) is 0 Å². The minimum atomic E-state index is -0.284. The summed E-state index contributed by atoms with van der Waals surface area (Å²) in [6.45, 7) is 6.89. The van der Waals surface area contributed by atoms with Gasteiger partial charge < -0.3 is 9.84 Å². The van der Waals surface area contributed by atoms with Gasteiger partial charge in [0.15, 0.2) is 0 Å². The molecule has 4 fully saturated rings. The average Bonchev–Trinajstić information content (AvgIpc) is 3.08. The van der Waals surface area contributed by atoms with Crippen LogP contribution >= 0.6 is 0 Å². The normalized spacial score (nSPS) is 46.2.